The van der Waals surface area contributed by atoms with E-state index < -0.39 is 0 Å². The lowest BCUT2D eigenvalue weighted by atomic mass is 10.1. The normalized spacial score (nSPS) is 12.0. The lowest BCUT2D eigenvalue weighted by molar-refractivity contribution is 0.0922. The Bertz CT molecular complexity index is 1020. The number of rotatable bonds is 7. The van der Waals surface area contributed by atoms with Crippen molar-refractivity contribution < 1.29 is 14.3 Å². The van der Waals surface area contributed by atoms with Crippen LogP contribution in [-0.4, -0.2) is 35.9 Å². The van der Waals surface area contributed by atoms with Gasteiger partial charge in [-0.05, 0) is 50.1 Å². The number of carbonyl (C=O) groups is 1. The average molecular weight is 408 g/mol. The number of amides is 1. The Kier molecular flexibility index (Phi) is 6.45. The molecular weight excluding hydrogens is 378 g/mol. The molecule has 30 heavy (non-hydrogen) atoms. The number of methoxy groups -OCH3 is 2. The second-order valence-corrected chi connectivity index (χ2v) is 7.73. The van der Waals surface area contributed by atoms with E-state index in [4.69, 9.17) is 14.6 Å². The van der Waals surface area contributed by atoms with Crippen molar-refractivity contribution in [3.8, 4) is 28.4 Å². The summed E-state index contributed by atoms with van der Waals surface area (Å²) in [6.45, 7) is 8.19. The zero-order valence-corrected chi connectivity index (χ0v) is 18.4. The van der Waals surface area contributed by atoms with E-state index in [1.807, 2.05) is 50.2 Å². The first-order chi connectivity index (χ1) is 14.3. The molecule has 2 aromatic carbocycles. The molecule has 0 spiro atoms. The van der Waals surface area contributed by atoms with Gasteiger partial charge in [0.2, 0.25) is 0 Å². The summed E-state index contributed by atoms with van der Waals surface area (Å²) in [7, 11) is 3.21. The maximum Gasteiger partial charge on any atom is 0.270 e. The van der Waals surface area contributed by atoms with Gasteiger partial charge in [-0.15, -0.1) is 0 Å². The van der Waals surface area contributed by atoms with Gasteiger partial charge in [0.05, 0.1) is 25.6 Å². The second kappa shape index (κ2) is 9.03. The van der Waals surface area contributed by atoms with Gasteiger partial charge in [-0.1, -0.05) is 31.5 Å². The molecule has 0 radical (unpaired) electrons. The largest absolute Gasteiger partial charge is 0.497 e. The third-order valence-corrected chi connectivity index (χ3v) is 5.26. The predicted octanol–water partition coefficient (Wildman–Crippen LogP) is 4.64. The molecule has 3 rings (SSSR count). The maximum atomic E-state index is 13.1. The Hall–Kier alpha value is -3.28. The van der Waals surface area contributed by atoms with Crippen LogP contribution in [0.4, 0.5) is 0 Å². The van der Waals surface area contributed by atoms with Crippen LogP contribution in [0.15, 0.2) is 48.5 Å². The van der Waals surface area contributed by atoms with Crippen molar-refractivity contribution in [2.45, 2.75) is 33.7 Å². The molecule has 1 amide bonds. The number of aryl methyl sites for hydroxylation is 1. The summed E-state index contributed by atoms with van der Waals surface area (Å²) in [6, 6.07) is 15.3. The van der Waals surface area contributed by atoms with Crippen LogP contribution in [0.5, 0.6) is 11.5 Å². The zero-order chi connectivity index (χ0) is 21.8. The SMILES string of the molecule is COc1ccc(-c2cc(C(=O)NC(C)C(C)C)n(-c3ccc(C)cc3)n2)c(OC)c1. The third-order valence-electron chi connectivity index (χ3n) is 5.26. The first-order valence-corrected chi connectivity index (χ1v) is 10.0. The van der Waals surface area contributed by atoms with Gasteiger partial charge in [-0.2, -0.15) is 5.10 Å². The summed E-state index contributed by atoms with van der Waals surface area (Å²) >= 11 is 0. The molecule has 6 heteroatoms. The molecule has 0 saturated heterocycles. The second-order valence-electron chi connectivity index (χ2n) is 7.73. The molecule has 0 bridgehead atoms. The van der Waals surface area contributed by atoms with Gasteiger partial charge in [-0.25, -0.2) is 4.68 Å². The van der Waals surface area contributed by atoms with Gasteiger partial charge < -0.3 is 14.8 Å². The first-order valence-electron chi connectivity index (χ1n) is 10.0. The number of carbonyl (C=O) groups excluding carboxylic acids is 1. The van der Waals surface area contributed by atoms with Crippen LogP contribution in [0.3, 0.4) is 0 Å². The van der Waals surface area contributed by atoms with Gasteiger partial charge in [0, 0.05) is 17.7 Å². The fourth-order valence-corrected chi connectivity index (χ4v) is 3.01. The number of nitrogens with zero attached hydrogens (tertiary/aromatic N) is 2. The van der Waals surface area contributed by atoms with Crippen molar-refractivity contribution in [3.63, 3.8) is 0 Å². The number of aromatic nitrogens is 2. The summed E-state index contributed by atoms with van der Waals surface area (Å²) in [4.78, 5) is 13.1. The smallest absolute Gasteiger partial charge is 0.270 e. The van der Waals surface area contributed by atoms with Crippen molar-refractivity contribution in [2.24, 2.45) is 5.92 Å². The fraction of sp³-hybridized carbons (Fsp3) is 0.333. The predicted molar refractivity (Wildman–Crippen MR) is 119 cm³/mol. The number of nitrogens with one attached hydrogen (secondary N) is 1. The Morgan fingerprint density at radius 1 is 1.00 bits per heavy atom. The highest BCUT2D eigenvalue weighted by Crippen LogP contribution is 2.33. The van der Waals surface area contributed by atoms with E-state index in [1.54, 1.807) is 31.0 Å². The lowest BCUT2D eigenvalue weighted by Crippen LogP contribution is -2.37. The number of hydrogen-bond acceptors (Lipinski definition) is 4. The molecule has 0 saturated carbocycles. The summed E-state index contributed by atoms with van der Waals surface area (Å²) < 4.78 is 12.5. The first kappa shape index (κ1) is 21.4. The molecule has 0 aliphatic heterocycles. The summed E-state index contributed by atoms with van der Waals surface area (Å²) in [5.41, 5.74) is 3.87. The Labute approximate surface area is 177 Å². The van der Waals surface area contributed by atoms with Gasteiger partial charge in [0.25, 0.3) is 5.91 Å². The highest BCUT2D eigenvalue weighted by Gasteiger charge is 2.21. The van der Waals surface area contributed by atoms with Crippen molar-refractivity contribution in [2.75, 3.05) is 14.2 Å². The summed E-state index contributed by atoms with van der Waals surface area (Å²) in [6.07, 6.45) is 0. The Morgan fingerprint density at radius 2 is 1.70 bits per heavy atom. The summed E-state index contributed by atoms with van der Waals surface area (Å²) in [5, 5.41) is 7.83. The van der Waals surface area contributed by atoms with Gasteiger partial charge >= 0.3 is 0 Å². The molecule has 1 N–H and O–H groups in total. The van der Waals surface area contributed by atoms with Gasteiger partial charge in [-0.3, -0.25) is 4.79 Å². The molecule has 1 aromatic heterocycles. The minimum atomic E-state index is -0.164. The topological polar surface area (TPSA) is 65.4 Å². The lowest BCUT2D eigenvalue weighted by Gasteiger charge is -2.17. The standard InChI is InChI=1S/C24H29N3O3/c1-15(2)17(4)25-24(28)22-14-21(20-12-11-19(29-5)13-23(20)30-6)26-27(22)18-9-7-16(3)8-10-18/h7-15,17H,1-6H3,(H,25,28). The minimum absolute atomic E-state index is 0.0397. The van der Waals surface area contributed by atoms with Gasteiger partial charge in [0.1, 0.15) is 17.2 Å². The average Bonchev–Trinajstić information content (AvgIpc) is 3.19. The molecule has 0 aliphatic rings. The molecule has 1 unspecified atom stereocenters. The maximum absolute atomic E-state index is 13.1. The van der Waals surface area contributed by atoms with Crippen LogP contribution in [-0.2, 0) is 0 Å². The molecule has 1 heterocycles. The summed E-state index contributed by atoms with van der Waals surface area (Å²) in [5.74, 6) is 1.48. The van der Waals surface area contributed by atoms with Crippen LogP contribution in [0.25, 0.3) is 16.9 Å². The van der Waals surface area contributed by atoms with E-state index in [-0.39, 0.29) is 11.9 Å². The Morgan fingerprint density at radius 3 is 2.30 bits per heavy atom. The van der Waals surface area contributed by atoms with Crippen molar-refractivity contribution in [1.29, 1.82) is 0 Å². The molecular formula is C24H29N3O3. The van der Waals surface area contributed by atoms with Crippen LogP contribution >= 0.6 is 0 Å². The number of hydrogen-bond donors (Lipinski definition) is 1. The molecule has 158 valence electrons. The van der Waals surface area contributed by atoms with Crippen molar-refractivity contribution >= 4 is 5.91 Å². The van der Waals surface area contributed by atoms with Crippen LogP contribution < -0.4 is 14.8 Å². The molecule has 3 aromatic rings. The molecule has 0 fully saturated rings. The van der Waals surface area contributed by atoms with Crippen molar-refractivity contribution in [3.05, 3.63) is 59.8 Å². The highest BCUT2D eigenvalue weighted by molar-refractivity contribution is 5.94. The van der Waals surface area contributed by atoms with Crippen LogP contribution in [0.2, 0.25) is 0 Å². The van der Waals surface area contributed by atoms with E-state index in [2.05, 4.69) is 19.2 Å². The van der Waals surface area contributed by atoms with E-state index in [0.717, 1.165) is 16.8 Å². The third kappa shape index (κ3) is 4.48. The van der Waals surface area contributed by atoms with E-state index >= 15 is 0 Å². The monoisotopic (exact) mass is 407 g/mol. The van der Waals surface area contributed by atoms with E-state index in [1.165, 1.54) is 0 Å². The number of ether oxygens (including phenoxy) is 2. The highest BCUT2D eigenvalue weighted by atomic mass is 16.5. The number of benzene rings is 2. The van der Waals surface area contributed by atoms with Crippen LogP contribution in [0, 0.1) is 12.8 Å². The van der Waals surface area contributed by atoms with E-state index in [0.29, 0.717) is 28.8 Å². The zero-order valence-electron chi connectivity index (χ0n) is 18.4. The van der Waals surface area contributed by atoms with Gasteiger partial charge in [0.15, 0.2) is 0 Å². The molecule has 0 aliphatic carbocycles. The minimum Gasteiger partial charge on any atom is -0.497 e. The van der Waals surface area contributed by atoms with Crippen LogP contribution in [0.1, 0.15) is 36.8 Å². The molecule has 6 nitrogen and oxygen atoms in total. The van der Waals surface area contributed by atoms with Crippen molar-refractivity contribution in [1.82, 2.24) is 15.1 Å². The fourth-order valence-electron chi connectivity index (χ4n) is 3.01. The Balaban J connectivity index is 2.10. The quantitative estimate of drug-likeness (QED) is 0.620. The van der Waals surface area contributed by atoms with E-state index in [9.17, 15) is 4.79 Å². The molecule has 1 atom stereocenters.